The number of aliphatic hydroxyl groups is 1. The van der Waals surface area contributed by atoms with E-state index in [1.54, 1.807) is 14.0 Å². The van der Waals surface area contributed by atoms with Gasteiger partial charge in [-0.1, -0.05) is 13.0 Å². The largest absolute Gasteiger partial charge is 0.493 e. The van der Waals surface area contributed by atoms with Gasteiger partial charge in [0.25, 0.3) is 0 Å². The topological polar surface area (TPSA) is 96.3 Å². The maximum absolute atomic E-state index is 11.5. The Kier molecular flexibility index (Phi) is 7.03. The Balaban J connectivity index is 1.82. The molecule has 2 N–H and O–H groups in total. The number of carboxylic acid groups (broad SMARTS) is 1. The van der Waals surface area contributed by atoms with Crippen LogP contribution < -0.4 is 9.47 Å². The molecule has 0 aromatic heterocycles. The Morgan fingerprint density at radius 3 is 2.57 bits per heavy atom. The standard InChI is InChI=1S/C23H33NO6/c1-15(25)23(2)14-24(11-10-19(26)22(27)28)13-18(23)16-8-9-20(29-3)21(12-16)30-17-6-4-5-7-17/h8-9,12,15,17-18,25H,4-7,10-11,13-14H2,1-3H3,(H,27,28)/t15-,18+,23+/m1/s1. The highest BCUT2D eigenvalue weighted by atomic mass is 16.5. The fourth-order valence-electron chi connectivity index (χ4n) is 4.76. The van der Waals surface area contributed by atoms with Crippen LogP contribution in [0.5, 0.6) is 11.5 Å². The number of carbonyl (C=O) groups excluding carboxylic acids is 1. The smallest absolute Gasteiger partial charge is 0.372 e. The van der Waals surface area contributed by atoms with Crippen molar-refractivity contribution in [1.29, 1.82) is 0 Å². The minimum absolute atomic E-state index is 0.0225. The minimum atomic E-state index is -1.40. The first-order chi connectivity index (χ1) is 14.2. The van der Waals surface area contributed by atoms with Crippen LogP contribution in [0.3, 0.4) is 0 Å². The van der Waals surface area contributed by atoms with Crippen molar-refractivity contribution in [2.45, 2.75) is 64.1 Å². The zero-order valence-corrected chi connectivity index (χ0v) is 18.1. The van der Waals surface area contributed by atoms with E-state index in [4.69, 9.17) is 14.6 Å². The molecule has 1 heterocycles. The molecule has 166 valence electrons. The van der Waals surface area contributed by atoms with Crippen molar-refractivity contribution in [1.82, 2.24) is 4.90 Å². The molecule has 0 spiro atoms. The van der Waals surface area contributed by atoms with E-state index >= 15 is 0 Å². The van der Waals surface area contributed by atoms with E-state index in [1.165, 1.54) is 12.8 Å². The first-order valence-electron chi connectivity index (χ1n) is 10.8. The van der Waals surface area contributed by atoms with Crippen molar-refractivity contribution < 1.29 is 29.3 Å². The lowest BCUT2D eigenvalue weighted by molar-refractivity contribution is -0.149. The summed E-state index contributed by atoms with van der Waals surface area (Å²) in [6.45, 7) is 5.43. The molecule has 1 aliphatic heterocycles. The summed E-state index contributed by atoms with van der Waals surface area (Å²) in [5, 5.41) is 19.4. The second-order valence-corrected chi connectivity index (χ2v) is 8.88. The molecule has 30 heavy (non-hydrogen) atoms. The van der Waals surface area contributed by atoms with Gasteiger partial charge in [-0.15, -0.1) is 0 Å². The highest BCUT2D eigenvalue weighted by molar-refractivity contribution is 6.32. The molecule has 0 bridgehead atoms. The predicted molar refractivity (Wildman–Crippen MR) is 112 cm³/mol. The highest BCUT2D eigenvalue weighted by Gasteiger charge is 2.47. The normalized spacial score (nSPS) is 25.9. The molecule has 1 aromatic rings. The molecular weight excluding hydrogens is 386 g/mol. The molecule has 3 rings (SSSR count). The lowest BCUT2D eigenvalue weighted by Crippen LogP contribution is -2.37. The first-order valence-corrected chi connectivity index (χ1v) is 10.8. The Hall–Kier alpha value is -2.12. The average Bonchev–Trinajstić information content (AvgIpc) is 3.34. The number of benzene rings is 1. The molecule has 2 fully saturated rings. The van der Waals surface area contributed by atoms with Gasteiger partial charge in [0.05, 0.1) is 19.3 Å². The van der Waals surface area contributed by atoms with E-state index in [0.717, 1.165) is 24.2 Å². The maximum Gasteiger partial charge on any atom is 0.372 e. The third-order valence-corrected chi connectivity index (χ3v) is 6.84. The van der Waals surface area contributed by atoms with Crippen molar-refractivity contribution in [2.24, 2.45) is 5.41 Å². The van der Waals surface area contributed by atoms with Crippen molar-refractivity contribution in [2.75, 3.05) is 26.7 Å². The Labute approximate surface area is 178 Å². The summed E-state index contributed by atoms with van der Waals surface area (Å²) in [5.41, 5.74) is 0.630. The molecule has 7 heteroatoms. The summed E-state index contributed by atoms with van der Waals surface area (Å²) >= 11 is 0. The number of methoxy groups -OCH3 is 1. The van der Waals surface area contributed by atoms with Crippen LogP contribution in [0.1, 0.15) is 57.4 Å². The number of carbonyl (C=O) groups is 2. The molecule has 1 saturated heterocycles. The number of Topliss-reactive ketones (excluding diaryl/α,β-unsaturated/α-hetero) is 1. The third-order valence-electron chi connectivity index (χ3n) is 6.84. The molecule has 1 aliphatic carbocycles. The maximum atomic E-state index is 11.5. The molecule has 2 aliphatic rings. The zero-order valence-electron chi connectivity index (χ0n) is 18.1. The van der Waals surface area contributed by atoms with Crippen LogP contribution in [-0.2, 0) is 9.59 Å². The van der Waals surface area contributed by atoms with Gasteiger partial charge in [-0.2, -0.15) is 0 Å². The summed E-state index contributed by atoms with van der Waals surface area (Å²) in [6.07, 6.45) is 4.07. The average molecular weight is 420 g/mol. The van der Waals surface area contributed by atoms with Gasteiger partial charge in [0, 0.05) is 37.4 Å². The minimum Gasteiger partial charge on any atom is -0.493 e. The highest BCUT2D eigenvalue weighted by Crippen LogP contribution is 2.47. The Morgan fingerprint density at radius 2 is 1.97 bits per heavy atom. The number of aliphatic carboxylic acids is 1. The molecule has 0 unspecified atom stereocenters. The fraction of sp³-hybridized carbons (Fsp3) is 0.652. The van der Waals surface area contributed by atoms with Crippen molar-refractivity contribution in [3.63, 3.8) is 0 Å². The van der Waals surface area contributed by atoms with Crippen LogP contribution in [0.4, 0.5) is 0 Å². The number of ketones is 1. The van der Waals surface area contributed by atoms with E-state index in [9.17, 15) is 14.7 Å². The predicted octanol–water partition coefficient (Wildman–Crippen LogP) is 2.85. The van der Waals surface area contributed by atoms with E-state index < -0.39 is 23.3 Å². The molecule has 3 atom stereocenters. The zero-order chi connectivity index (χ0) is 21.9. The summed E-state index contributed by atoms with van der Waals surface area (Å²) < 4.78 is 11.8. The third kappa shape index (κ3) is 4.78. The Morgan fingerprint density at radius 1 is 1.27 bits per heavy atom. The number of hydrogen-bond acceptors (Lipinski definition) is 6. The van der Waals surface area contributed by atoms with E-state index in [2.05, 4.69) is 4.90 Å². The number of rotatable bonds is 9. The number of hydrogen-bond donors (Lipinski definition) is 2. The van der Waals surface area contributed by atoms with Gasteiger partial charge in [0.15, 0.2) is 11.5 Å². The SMILES string of the molecule is COc1ccc([C@@H]2CN(CCC(=O)C(=O)O)C[C@@]2(C)[C@@H](C)O)cc1OC1CCCC1. The number of ether oxygens (including phenoxy) is 2. The molecule has 0 amide bonds. The number of nitrogens with zero attached hydrogens (tertiary/aromatic N) is 1. The van der Waals surface area contributed by atoms with E-state index in [1.807, 2.05) is 25.1 Å². The first kappa shape index (κ1) is 22.6. The van der Waals surface area contributed by atoms with Gasteiger partial charge < -0.3 is 24.6 Å². The van der Waals surface area contributed by atoms with Gasteiger partial charge >= 0.3 is 5.97 Å². The lowest BCUT2D eigenvalue weighted by Gasteiger charge is -2.34. The lowest BCUT2D eigenvalue weighted by atomic mass is 9.72. The van der Waals surface area contributed by atoms with Gasteiger partial charge in [-0.3, -0.25) is 4.79 Å². The second-order valence-electron chi connectivity index (χ2n) is 8.88. The van der Waals surface area contributed by atoms with Gasteiger partial charge in [0.1, 0.15) is 0 Å². The van der Waals surface area contributed by atoms with E-state index in [0.29, 0.717) is 25.4 Å². The summed E-state index contributed by atoms with van der Waals surface area (Å²) in [4.78, 5) is 24.4. The van der Waals surface area contributed by atoms with Crippen LogP contribution in [0.2, 0.25) is 0 Å². The van der Waals surface area contributed by atoms with Crippen LogP contribution in [0.15, 0.2) is 18.2 Å². The Bertz CT molecular complexity index is 773. The molecular formula is C23H33NO6. The summed E-state index contributed by atoms with van der Waals surface area (Å²) in [7, 11) is 1.63. The molecule has 1 saturated carbocycles. The molecule has 7 nitrogen and oxygen atoms in total. The molecule has 1 aromatic carbocycles. The van der Waals surface area contributed by atoms with E-state index in [-0.39, 0.29) is 18.4 Å². The fourth-order valence-corrected chi connectivity index (χ4v) is 4.76. The molecule has 0 radical (unpaired) electrons. The number of carboxylic acids is 1. The quantitative estimate of drug-likeness (QED) is 0.594. The van der Waals surface area contributed by atoms with Gasteiger partial charge in [-0.05, 0) is 50.3 Å². The van der Waals surface area contributed by atoms with Crippen molar-refractivity contribution in [3.8, 4) is 11.5 Å². The number of likely N-dealkylation sites (tertiary alicyclic amines) is 1. The second kappa shape index (κ2) is 9.35. The summed E-state index contributed by atoms with van der Waals surface area (Å²) in [6, 6.07) is 5.95. The van der Waals surface area contributed by atoms with Crippen molar-refractivity contribution in [3.05, 3.63) is 23.8 Å². The van der Waals surface area contributed by atoms with Crippen LogP contribution in [-0.4, -0.2) is 65.8 Å². The number of aliphatic hydroxyl groups excluding tert-OH is 1. The van der Waals surface area contributed by atoms with Crippen LogP contribution in [0.25, 0.3) is 0 Å². The monoisotopic (exact) mass is 419 g/mol. The van der Waals surface area contributed by atoms with Crippen LogP contribution >= 0.6 is 0 Å². The van der Waals surface area contributed by atoms with Crippen LogP contribution in [0, 0.1) is 5.41 Å². The summed E-state index contributed by atoms with van der Waals surface area (Å²) in [5.74, 6) is -0.725. The van der Waals surface area contributed by atoms with Gasteiger partial charge in [-0.25, -0.2) is 4.79 Å². The van der Waals surface area contributed by atoms with Gasteiger partial charge in [0.2, 0.25) is 5.78 Å². The van der Waals surface area contributed by atoms with Crippen molar-refractivity contribution >= 4 is 11.8 Å².